The summed E-state index contributed by atoms with van der Waals surface area (Å²) in [5.41, 5.74) is 1.38. The van der Waals surface area contributed by atoms with Crippen LogP contribution in [0.25, 0.3) is 0 Å². The molecule has 1 amide bonds. The quantitative estimate of drug-likeness (QED) is 0.686. The zero-order chi connectivity index (χ0) is 19.9. The molecule has 6 nitrogen and oxygen atoms in total. The summed E-state index contributed by atoms with van der Waals surface area (Å²) in [4.78, 5) is 11.9. The van der Waals surface area contributed by atoms with Crippen molar-refractivity contribution < 1.29 is 17.9 Å². The van der Waals surface area contributed by atoms with E-state index in [2.05, 4.69) is 17.0 Å². The van der Waals surface area contributed by atoms with E-state index in [1.165, 1.54) is 24.3 Å². The van der Waals surface area contributed by atoms with E-state index in [0.29, 0.717) is 11.4 Å². The Balaban J connectivity index is 1.96. The predicted octanol–water partition coefficient (Wildman–Crippen LogP) is 3.48. The number of hydrogen-bond acceptors (Lipinski definition) is 4. The van der Waals surface area contributed by atoms with Gasteiger partial charge in [-0.3, -0.25) is 9.52 Å². The van der Waals surface area contributed by atoms with Crippen molar-refractivity contribution in [3.05, 3.63) is 54.1 Å². The molecule has 2 N–H and O–H groups in total. The zero-order valence-corrected chi connectivity index (χ0v) is 16.7. The fraction of sp³-hybridized carbons (Fsp3) is 0.350. The summed E-state index contributed by atoms with van der Waals surface area (Å²) in [6.45, 7) is 5.73. The van der Waals surface area contributed by atoms with Crippen LogP contribution in [0.15, 0.2) is 53.4 Å². The lowest BCUT2D eigenvalue weighted by molar-refractivity contribution is -0.123. The molecule has 2 aromatic rings. The number of benzene rings is 2. The van der Waals surface area contributed by atoms with Gasteiger partial charge in [-0.25, -0.2) is 8.42 Å². The van der Waals surface area contributed by atoms with Gasteiger partial charge in [-0.1, -0.05) is 31.5 Å². The van der Waals surface area contributed by atoms with Gasteiger partial charge in [0.25, 0.3) is 15.9 Å². The number of carbonyl (C=O) groups excluding carboxylic acids is 1. The third-order valence-electron chi connectivity index (χ3n) is 4.02. The average molecular weight is 391 g/mol. The molecule has 0 fully saturated rings. The van der Waals surface area contributed by atoms with Crippen LogP contribution in [0.2, 0.25) is 0 Å². The van der Waals surface area contributed by atoms with Crippen molar-refractivity contribution in [3.63, 3.8) is 0 Å². The minimum atomic E-state index is -3.69. The highest BCUT2D eigenvalue weighted by Gasteiger charge is 2.15. The van der Waals surface area contributed by atoms with Gasteiger partial charge >= 0.3 is 0 Å². The second-order valence-electron chi connectivity index (χ2n) is 6.44. The summed E-state index contributed by atoms with van der Waals surface area (Å²) in [6.07, 6.45) is 1.90. The molecule has 0 radical (unpaired) electrons. The van der Waals surface area contributed by atoms with Crippen LogP contribution in [0, 0.1) is 6.92 Å². The predicted molar refractivity (Wildman–Crippen MR) is 106 cm³/mol. The summed E-state index contributed by atoms with van der Waals surface area (Å²) in [7, 11) is -3.69. The summed E-state index contributed by atoms with van der Waals surface area (Å²) >= 11 is 0. The maximum atomic E-state index is 12.5. The largest absolute Gasteiger partial charge is 0.484 e. The van der Waals surface area contributed by atoms with Crippen LogP contribution in [-0.4, -0.2) is 27.0 Å². The van der Waals surface area contributed by atoms with E-state index in [0.717, 1.165) is 18.4 Å². The lowest BCUT2D eigenvalue weighted by Gasteiger charge is -2.13. The van der Waals surface area contributed by atoms with Crippen LogP contribution in [0.4, 0.5) is 5.69 Å². The minimum Gasteiger partial charge on any atom is -0.484 e. The van der Waals surface area contributed by atoms with Crippen molar-refractivity contribution in [2.75, 3.05) is 11.3 Å². The molecule has 0 aliphatic carbocycles. The average Bonchev–Trinajstić information content (AvgIpc) is 2.62. The highest BCUT2D eigenvalue weighted by Crippen LogP contribution is 2.21. The number of rotatable bonds is 9. The highest BCUT2D eigenvalue weighted by molar-refractivity contribution is 7.92. The van der Waals surface area contributed by atoms with E-state index in [9.17, 15) is 13.2 Å². The summed E-state index contributed by atoms with van der Waals surface area (Å²) in [6, 6.07) is 13.2. The van der Waals surface area contributed by atoms with Crippen LogP contribution in [0.1, 0.15) is 32.3 Å². The number of amides is 1. The van der Waals surface area contributed by atoms with Crippen molar-refractivity contribution in [1.29, 1.82) is 0 Å². The maximum Gasteiger partial charge on any atom is 0.261 e. The maximum absolute atomic E-state index is 12.5. The molecule has 0 aliphatic heterocycles. The standard InChI is InChI=1S/C20H26N2O4S/c1-4-7-16(3)21-20(23)14-26-17-10-12-18(13-11-17)27(24,25)22-19-9-6-5-8-15(19)2/h5-6,8-13,16,22H,4,7,14H2,1-3H3,(H,21,23)/t16-/m1/s1. The van der Waals surface area contributed by atoms with Crippen molar-refractivity contribution in [1.82, 2.24) is 5.32 Å². The van der Waals surface area contributed by atoms with Gasteiger partial charge < -0.3 is 10.1 Å². The zero-order valence-electron chi connectivity index (χ0n) is 15.9. The Hall–Kier alpha value is -2.54. The normalized spacial score (nSPS) is 12.3. The fourth-order valence-electron chi connectivity index (χ4n) is 2.58. The van der Waals surface area contributed by atoms with E-state index in [1.807, 2.05) is 26.0 Å². The molecule has 1 atom stereocenters. The topological polar surface area (TPSA) is 84.5 Å². The first-order valence-corrected chi connectivity index (χ1v) is 10.4. The van der Waals surface area contributed by atoms with Gasteiger partial charge in [0.2, 0.25) is 0 Å². The Morgan fingerprint density at radius 2 is 1.78 bits per heavy atom. The third kappa shape index (κ3) is 6.29. The van der Waals surface area contributed by atoms with Gasteiger partial charge in [-0.05, 0) is 56.2 Å². The molecular weight excluding hydrogens is 364 g/mol. The van der Waals surface area contributed by atoms with Gasteiger partial charge in [-0.2, -0.15) is 0 Å². The van der Waals surface area contributed by atoms with Crippen LogP contribution in [-0.2, 0) is 14.8 Å². The van der Waals surface area contributed by atoms with Gasteiger partial charge in [0, 0.05) is 6.04 Å². The fourth-order valence-corrected chi connectivity index (χ4v) is 3.71. The molecule has 0 unspecified atom stereocenters. The number of anilines is 1. The monoisotopic (exact) mass is 390 g/mol. The molecule has 146 valence electrons. The molecule has 0 aliphatic rings. The first-order chi connectivity index (χ1) is 12.8. The number of aryl methyl sites for hydroxylation is 1. The van der Waals surface area contributed by atoms with E-state index < -0.39 is 10.0 Å². The van der Waals surface area contributed by atoms with E-state index >= 15 is 0 Å². The molecular formula is C20H26N2O4S. The number of hydrogen-bond donors (Lipinski definition) is 2. The van der Waals surface area contributed by atoms with Gasteiger partial charge in [0.05, 0.1) is 10.6 Å². The Morgan fingerprint density at radius 3 is 2.41 bits per heavy atom. The molecule has 2 aromatic carbocycles. The summed E-state index contributed by atoms with van der Waals surface area (Å²) in [5, 5.41) is 2.85. The first-order valence-electron chi connectivity index (χ1n) is 8.92. The molecule has 27 heavy (non-hydrogen) atoms. The van der Waals surface area contributed by atoms with E-state index in [4.69, 9.17) is 4.74 Å². The summed E-state index contributed by atoms with van der Waals surface area (Å²) in [5.74, 6) is 0.233. The minimum absolute atomic E-state index is 0.103. The van der Waals surface area contributed by atoms with E-state index in [-0.39, 0.29) is 23.5 Å². The highest BCUT2D eigenvalue weighted by atomic mass is 32.2. The SMILES string of the molecule is CCC[C@@H](C)NC(=O)COc1ccc(S(=O)(=O)Nc2ccccc2C)cc1. The Kier molecular flexibility index (Phi) is 7.24. The second-order valence-corrected chi connectivity index (χ2v) is 8.12. The number of sulfonamides is 1. The molecule has 0 aromatic heterocycles. The van der Waals surface area contributed by atoms with Crippen LogP contribution >= 0.6 is 0 Å². The smallest absolute Gasteiger partial charge is 0.261 e. The van der Waals surface area contributed by atoms with E-state index in [1.54, 1.807) is 12.1 Å². The van der Waals surface area contributed by atoms with Crippen molar-refractivity contribution in [2.45, 2.75) is 44.6 Å². The number of ether oxygens (including phenoxy) is 1. The van der Waals surface area contributed by atoms with Crippen LogP contribution < -0.4 is 14.8 Å². The number of para-hydroxylation sites is 1. The number of nitrogens with one attached hydrogen (secondary N) is 2. The lowest BCUT2D eigenvalue weighted by Crippen LogP contribution is -2.35. The first kappa shape index (κ1) is 20.8. The third-order valence-corrected chi connectivity index (χ3v) is 5.40. The molecule has 7 heteroatoms. The molecule has 0 saturated carbocycles. The molecule has 0 bridgehead atoms. The van der Waals surface area contributed by atoms with Crippen molar-refractivity contribution in [2.24, 2.45) is 0 Å². The molecule has 0 heterocycles. The molecule has 0 saturated heterocycles. The van der Waals surface area contributed by atoms with Gasteiger partial charge in [-0.15, -0.1) is 0 Å². The molecule has 0 spiro atoms. The Morgan fingerprint density at radius 1 is 1.11 bits per heavy atom. The van der Waals surface area contributed by atoms with Crippen molar-refractivity contribution >= 4 is 21.6 Å². The van der Waals surface area contributed by atoms with Gasteiger partial charge in [0.1, 0.15) is 5.75 Å². The summed E-state index contributed by atoms with van der Waals surface area (Å²) < 4.78 is 33.0. The van der Waals surface area contributed by atoms with Crippen LogP contribution in [0.3, 0.4) is 0 Å². The Bertz CT molecular complexity index is 864. The van der Waals surface area contributed by atoms with Crippen molar-refractivity contribution in [3.8, 4) is 5.75 Å². The Labute approximate surface area is 161 Å². The van der Waals surface area contributed by atoms with Crippen LogP contribution in [0.5, 0.6) is 5.75 Å². The second kappa shape index (κ2) is 9.41. The number of carbonyl (C=O) groups is 1. The molecule has 2 rings (SSSR count). The van der Waals surface area contributed by atoms with Gasteiger partial charge in [0.15, 0.2) is 6.61 Å². The lowest BCUT2D eigenvalue weighted by atomic mass is 10.2.